The van der Waals surface area contributed by atoms with Crippen LogP contribution >= 0.6 is 0 Å². The van der Waals surface area contributed by atoms with Gasteiger partial charge in [-0.15, -0.1) is 0 Å². The second-order valence-corrected chi connectivity index (χ2v) is 8.12. The predicted octanol–water partition coefficient (Wildman–Crippen LogP) is 0.913. The Morgan fingerprint density at radius 2 is 1.73 bits per heavy atom. The van der Waals surface area contributed by atoms with E-state index in [0.717, 1.165) is 30.8 Å². The number of benzene rings is 2. The van der Waals surface area contributed by atoms with Crippen LogP contribution in [0.25, 0.3) is 0 Å². The molecule has 3 unspecified atom stereocenters. The molecule has 8 nitrogen and oxygen atoms in total. The molecule has 2 amide bonds. The molecule has 0 aromatic heterocycles. The minimum absolute atomic E-state index is 0.307. The summed E-state index contributed by atoms with van der Waals surface area (Å²) < 4.78 is 0. The minimum Gasteiger partial charge on any atom is -0.391 e. The molecule has 1 heterocycles. The third-order valence-electron chi connectivity index (χ3n) is 5.51. The van der Waals surface area contributed by atoms with Crippen LogP contribution in [0.15, 0.2) is 48.5 Å². The number of aliphatic hydroxyl groups is 1. The molecule has 1 aliphatic heterocycles. The van der Waals surface area contributed by atoms with Crippen LogP contribution in [0.4, 0.5) is 0 Å². The van der Waals surface area contributed by atoms with E-state index < -0.39 is 24.0 Å². The fraction of sp³-hybridized carbons (Fsp3) is 0.360. The number of piperidine rings is 1. The second kappa shape index (κ2) is 12.1. The average molecular weight is 451 g/mol. The summed E-state index contributed by atoms with van der Waals surface area (Å²) in [6.45, 7) is 4.30. The van der Waals surface area contributed by atoms with Crippen LogP contribution in [0.3, 0.4) is 0 Å². The molecule has 1 fully saturated rings. The number of hydrogen-bond acceptors (Lipinski definition) is 6. The summed E-state index contributed by atoms with van der Waals surface area (Å²) in [6, 6.07) is 14.0. The van der Waals surface area contributed by atoms with Crippen molar-refractivity contribution in [3.8, 4) is 11.8 Å². The summed E-state index contributed by atoms with van der Waals surface area (Å²) in [6.07, 6.45) is 1.25. The van der Waals surface area contributed by atoms with Gasteiger partial charge in [-0.1, -0.05) is 24.0 Å². The summed E-state index contributed by atoms with van der Waals surface area (Å²) in [5.74, 6) is 4.75. The number of amides is 2. The van der Waals surface area contributed by atoms with Crippen molar-refractivity contribution in [1.29, 1.82) is 0 Å². The van der Waals surface area contributed by atoms with Crippen molar-refractivity contribution < 1.29 is 19.9 Å². The lowest BCUT2D eigenvalue weighted by molar-refractivity contribution is -0.133. The van der Waals surface area contributed by atoms with Crippen molar-refractivity contribution in [1.82, 2.24) is 21.4 Å². The molecule has 1 saturated heterocycles. The zero-order chi connectivity index (χ0) is 23.6. The van der Waals surface area contributed by atoms with Gasteiger partial charge in [0, 0.05) is 35.8 Å². The molecule has 174 valence electrons. The Hall–Kier alpha value is -3.22. The van der Waals surface area contributed by atoms with Gasteiger partial charge in [-0.2, -0.15) is 0 Å². The SMILES string of the molecule is CC(O)C(NC(=O)c1ccc(C#Cc2ccc(CNC3CCCNC3)cc2)cc1)C(=O)NO. The molecule has 3 rings (SSSR count). The first-order chi connectivity index (χ1) is 16.0. The summed E-state index contributed by atoms with van der Waals surface area (Å²) >= 11 is 0. The molecule has 0 radical (unpaired) electrons. The van der Waals surface area contributed by atoms with Crippen LogP contribution in [-0.4, -0.2) is 53.4 Å². The monoisotopic (exact) mass is 450 g/mol. The first-order valence-corrected chi connectivity index (χ1v) is 11.0. The van der Waals surface area contributed by atoms with E-state index in [0.29, 0.717) is 11.6 Å². The van der Waals surface area contributed by atoms with Crippen LogP contribution in [0.1, 0.15) is 46.8 Å². The third kappa shape index (κ3) is 7.41. The number of hydrogen-bond donors (Lipinski definition) is 6. The highest BCUT2D eigenvalue weighted by atomic mass is 16.5. The third-order valence-corrected chi connectivity index (χ3v) is 5.51. The lowest BCUT2D eigenvalue weighted by atomic mass is 10.1. The van der Waals surface area contributed by atoms with Gasteiger partial charge in [0.25, 0.3) is 11.8 Å². The maximum atomic E-state index is 12.3. The lowest BCUT2D eigenvalue weighted by Crippen LogP contribution is -2.51. The van der Waals surface area contributed by atoms with E-state index >= 15 is 0 Å². The number of rotatable bonds is 7. The molecule has 2 aromatic rings. The van der Waals surface area contributed by atoms with Crippen LogP contribution in [-0.2, 0) is 11.3 Å². The molecule has 6 N–H and O–H groups in total. The Labute approximate surface area is 193 Å². The van der Waals surface area contributed by atoms with E-state index in [-0.39, 0.29) is 0 Å². The standard InChI is InChI=1S/C25H30N4O4/c1-17(30)23(25(32)29-33)28-24(31)21-12-10-19(11-13-21)5-4-18-6-8-20(9-7-18)15-27-22-3-2-14-26-16-22/h6-13,17,22-23,26-27,30,33H,2-3,14-16H2,1H3,(H,28,31)(H,29,32). The van der Waals surface area contributed by atoms with E-state index in [9.17, 15) is 14.7 Å². The Morgan fingerprint density at radius 3 is 2.27 bits per heavy atom. The topological polar surface area (TPSA) is 123 Å². The highest BCUT2D eigenvalue weighted by Crippen LogP contribution is 2.08. The number of nitrogens with one attached hydrogen (secondary N) is 4. The van der Waals surface area contributed by atoms with E-state index in [1.807, 2.05) is 12.1 Å². The average Bonchev–Trinajstić information content (AvgIpc) is 2.85. The Morgan fingerprint density at radius 1 is 1.09 bits per heavy atom. The van der Waals surface area contributed by atoms with Gasteiger partial charge in [-0.05, 0) is 68.3 Å². The van der Waals surface area contributed by atoms with Gasteiger partial charge >= 0.3 is 0 Å². The van der Waals surface area contributed by atoms with Gasteiger partial charge in [-0.3, -0.25) is 14.8 Å². The second-order valence-electron chi connectivity index (χ2n) is 8.12. The fourth-order valence-corrected chi connectivity index (χ4v) is 3.54. The van der Waals surface area contributed by atoms with Crippen molar-refractivity contribution in [2.24, 2.45) is 0 Å². The molecular weight excluding hydrogens is 420 g/mol. The van der Waals surface area contributed by atoms with Crippen molar-refractivity contribution >= 4 is 11.8 Å². The van der Waals surface area contributed by atoms with Crippen LogP contribution in [0.2, 0.25) is 0 Å². The van der Waals surface area contributed by atoms with Gasteiger partial charge in [0.15, 0.2) is 0 Å². The van der Waals surface area contributed by atoms with Crippen LogP contribution in [0.5, 0.6) is 0 Å². The Kier molecular flexibility index (Phi) is 8.98. The fourth-order valence-electron chi connectivity index (χ4n) is 3.54. The van der Waals surface area contributed by atoms with E-state index in [1.54, 1.807) is 24.3 Å². The maximum Gasteiger partial charge on any atom is 0.268 e. The molecule has 0 aliphatic carbocycles. The first-order valence-electron chi connectivity index (χ1n) is 11.0. The quantitative estimate of drug-likeness (QED) is 0.212. The Bertz CT molecular complexity index is 988. The van der Waals surface area contributed by atoms with Crippen LogP contribution < -0.4 is 21.4 Å². The van der Waals surface area contributed by atoms with E-state index in [4.69, 9.17) is 5.21 Å². The lowest BCUT2D eigenvalue weighted by Gasteiger charge is -2.23. The highest BCUT2D eigenvalue weighted by molar-refractivity contribution is 5.97. The molecule has 0 saturated carbocycles. The first kappa shape index (κ1) is 24.4. The summed E-state index contributed by atoms with van der Waals surface area (Å²) in [5, 5.41) is 27.7. The summed E-state index contributed by atoms with van der Waals surface area (Å²) in [5.41, 5.74) is 4.59. The molecule has 3 atom stereocenters. The molecule has 0 spiro atoms. The van der Waals surface area contributed by atoms with Crippen molar-refractivity contribution in [2.75, 3.05) is 13.1 Å². The highest BCUT2D eigenvalue weighted by Gasteiger charge is 2.25. The maximum absolute atomic E-state index is 12.3. The van der Waals surface area contributed by atoms with E-state index in [1.165, 1.54) is 30.8 Å². The largest absolute Gasteiger partial charge is 0.391 e. The minimum atomic E-state index is -1.26. The van der Waals surface area contributed by atoms with E-state index in [2.05, 4.69) is 39.9 Å². The van der Waals surface area contributed by atoms with Gasteiger partial charge in [0.1, 0.15) is 6.04 Å². The number of aliphatic hydroxyl groups excluding tert-OH is 1. The normalized spacial score (nSPS) is 17.2. The zero-order valence-electron chi connectivity index (χ0n) is 18.6. The smallest absolute Gasteiger partial charge is 0.268 e. The predicted molar refractivity (Wildman–Crippen MR) is 124 cm³/mol. The molecule has 2 aromatic carbocycles. The Balaban J connectivity index is 1.55. The number of hydroxylamine groups is 1. The summed E-state index contributed by atoms with van der Waals surface area (Å²) in [7, 11) is 0. The van der Waals surface area contributed by atoms with Gasteiger partial charge in [0.2, 0.25) is 0 Å². The van der Waals surface area contributed by atoms with Crippen LogP contribution in [0, 0.1) is 11.8 Å². The zero-order valence-corrected chi connectivity index (χ0v) is 18.6. The molecular formula is C25H30N4O4. The van der Waals surface area contributed by atoms with Crippen molar-refractivity contribution in [3.05, 3.63) is 70.8 Å². The van der Waals surface area contributed by atoms with Crippen molar-refractivity contribution in [2.45, 2.75) is 44.5 Å². The molecule has 1 aliphatic rings. The van der Waals surface area contributed by atoms with Gasteiger partial charge < -0.3 is 21.1 Å². The molecule has 8 heteroatoms. The molecule has 0 bridgehead atoms. The van der Waals surface area contributed by atoms with Crippen molar-refractivity contribution in [3.63, 3.8) is 0 Å². The summed E-state index contributed by atoms with van der Waals surface area (Å²) in [4.78, 5) is 23.9. The van der Waals surface area contributed by atoms with Gasteiger partial charge in [-0.25, -0.2) is 5.48 Å². The molecule has 33 heavy (non-hydrogen) atoms. The number of carbonyl (C=O) groups is 2. The number of carbonyl (C=O) groups excluding carboxylic acids is 2. The van der Waals surface area contributed by atoms with Gasteiger partial charge in [0.05, 0.1) is 6.10 Å².